The van der Waals surface area contributed by atoms with Crippen LogP contribution in [0.1, 0.15) is 17.4 Å². The van der Waals surface area contributed by atoms with E-state index in [4.69, 9.17) is 4.74 Å². The highest BCUT2D eigenvalue weighted by Gasteiger charge is 2.19. The number of esters is 1. The first-order valence-corrected chi connectivity index (χ1v) is 7.59. The fourth-order valence-corrected chi connectivity index (χ4v) is 3.52. The van der Waals surface area contributed by atoms with Gasteiger partial charge in [-0.05, 0) is 18.4 Å². The average molecular weight is 306 g/mol. The number of rotatable bonds is 3. The van der Waals surface area contributed by atoms with Crippen molar-refractivity contribution in [3.63, 3.8) is 0 Å². The van der Waals surface area contributed by atoms with Gasteiger partial charge >= 0.3 is 5.97 Å². The van der Waals surface area contributed by atoms with Gasteiger partial charge in [-0.15, -0.1) is 22.7 Å². The van der Waals surface area contributed by atoms with Crippen molar-refractivity contribution in [2.24, 2.45) is 0 Å². The first-order valence-electron chi connectivity index (χ1n) is 5.90. The number of pyridine rings is 1. The summed E-state index contributed by atoms with van der Waals surface area (Å²) in [5.74, 6) is -0.792. The van der Waals surface area contributed by atoms with E-state index in [9.17, 15) is 9.90 Å². The first-order chi connectivity index (χ1) is 9.70. The van der Waals surface area contributed by atoms with E-state index >= 15 is 0 Å². The van der Waals surface area contributed by atoms with Gasteiger partial charge in [-0.25, -0.2) is 14.8 Å². The zero-order chi connectivity index (χ0) is 14.1. The summed E-state index contributed by atoms with van der Waals surface area (Å²) >= 11 is 2.90. The number of carbonyl (C=O) groups excluding carboxylic acids is 1. The third-order valence-electron chi connectivity index (χ3n) is 2.61. The van der Waals surface area contributed by atoms with E-state index < -0.39 is 5.97 Å². The lowest BCUT2D eigenvalue weighted by Crippen LogP contribution is -2.07. The van der Waals surface area contributed by atoms with E-state index in [1.807, 2.05) is 17.5 Å². The Morgan fingerprint density at radius 1 is 1.50 bits per heavy atom. The molecule has 0 aliphatic carbocycles. The van der Waals surface area contributed by atoms with E-state index in [-0.39, 0.29) is 18.1 Å². The highest BCUT2D eigenvalue weighted by molar-refractivity contribution is 7.25. The van der Waals surface area contributed by atoms with E-state index in [1.165, 1.54) is 17.5 Å². The number of ether oxygens (including phenoxy) is 1. The Bertz CT molecular complexity index is 765. The second-order valence-corrected chi connectivity index (χ2v) is 5.83. The van der Waals surface area contributed by atoms with Gasteiger partial charge < -0.3 is 9.84 Å². The molecule has 1 N–H and O–H groups in total. The van der Waals surface area contributed by atoms with Crippen LogP contribution in [0.5, 0.6) is 5.75 Å². The van der Waals surface area contributed by atoms with Crippen LogP contribution in [-0.2, 0) is 4.74 Å². The fraction of sp³-hybridized carbons (Fsp3) is 0.154. The SMILES string of the molecule is CCOC(=O)c1ncc2nc(-c3cccs3)sc2c1O. The number of aromatic hydroxyl groups is 1. The molecule has 3 aromatic rings. The predicted octanol–water partition coefficient (Wildman–Crippen LogP) is 3.30. The quantitative estimate of drug-likeness (QED) is 0.752. The predicted molar refractivity (Wildman–Crippen MR) is 78.3 cm³/mol. The standard InChI is InChI=1S/C13H10N2O3S2/c1-2-18-13(17)9-10(16)11-7(6-14-9)15-12(20-11)8-4-3-5-19-8/h3-6,16H,2H2,1H3. The first kappa shape index (κ1) is 13.0. The Morgan fingerprint density at radius 3 is 3.05 bits per heavy atom. The van der Waals surface area contributed by atoms with Crippen LogP contribution in [0.3, 0.4) is 0 Å². The van der Waals surface area contributed by atoms with Crippen LogP contribution in [0.2, 0.25) is 0 Å². The summed E-state index contributed by atoms with van der Waals surface area (Å²) in [5, 5.41) is 12.9. The molecule has 0 amide bonds. The molecule has 0 bridgehead atoms. The molecule has 0 saturated carbocycles. The third-order valence-corrected chi connectivity index (χ3v) is 4.73. The number of fused-ring (bicyclic) bond motifs is 1. The van der Waals surface area contributed by atoms with Crippen molar-refractivity contribution in [3.05, 3.63) is 29.4 Å². The lowest BCUT2D eigenvalue weighted by Gasteiger charge is -2.02. The molecule has 3 rings (SSSR count). The minimum atomic E-state index is -0.627. The van der Waals surface area contributed by atoms with E-state index in [0.29, 0.717) is 10.2 Å². The number of aromatic nitrogens is 2. The molecule has 3 aromatic heterocycles. The van der Waals surface area contributed by atoms with Gasteiger partial charge in [-0.3, -0.25) is 0 Å². The zero-order valence-corrected chi connectivity index (χ0v) is 12.1. The molecule has 0 atom stereocenters. The van der Waals surface area contributed by atoms with Crippen molar-refractivity contribution in [1.82, 2.24) is 9.97 Å². The smallest absolute Gasteiger partial charge is 0.360 e. The molecule has 102 valence electrons. The molecule has 20 heavy (non-hydrogen) atoms. The molecule has 0 spiro atoms. The van der Waals surface area contributed by atoms with Gasteiger partial charge in [0.25, 0.3) is 0 Å². The van der Waals surface area contributed by atoms with Gasteiger partial charge in [-0.2, -0.15) is 0 Å². The normalized spacial score (nSPS) is 10.8. The summed E-state index contributed by atoms with van der Waals surface area (Å²) in [7, 11) is 0. The van der Waals surface area contributed by atoms with E-state index in [0.717, 1.165) is 9.88 Å². The molecule has 0 aliphatic heterocycles. The monoisotopic (exact) mass is 306 g/mol. The van der Waals surface area contributed by atoms with Crippen molar-refractivity contribution < 1.29 is 14.6 Å². The molecule has 0 saturated heterocycles. The van der Waals surface area contributed by atoms with Gasteiger partial charge in [-0.1, -0.05) is 6.07 Å². The topological polar surface area (TPSA) is 72.3 Å². The van der Waals surface area contributed by atoms with Crippen LogP contribution in [0, 0.1) is 0 Å². The second kappa shape index (κ2) is 5.18. The highest BCUT2D eigenvalue weighted by atomic mass is 32.1. The van der Waals surface area contributed by atoms with Gasteiger partial charge in [0, 0.05) is 0 Å². The lowest BCUT2D eigenvalue weighted by molar-refractivity contribution is 0.0516. The van der Waals surface area contributed by atoms with Crippen molar-refractivity contribution in [2.45, 2.75) is 6.92 Å². The largest absolute Gasteiger partial charge is 0.504 e. The van der Waals surface area contributed by atoms with Crippen molar-refractivity contribution in [3.8, 4) is 15.6 Å². The maximum Gasteiger partial charge on any atom is 0.360 e. The van der Waals surface area contributed by atoms with Gasteiger partial charge in [0.15, 0.2) is 11.4 Å². The summed E-state index contributed by atoms with van der Waals surface area (Å²) in [6.45, 7) is 1.94. The Labute approximate surface area is 122 Å². The van der Waals surface area contributed by atoms with Crippen LogP contribution in [0.25, 0.3) is 20.1 Å². The summed E-state index contributed by atoms with van der Waals surface area (Å²) in [4.78, 5) is 21.1. The van der Waals surface area contributed by atoms with Crippen LogP contribution in [-0.4, -0.2) is 27.7 Å². The molecular formula is C13H10N2O3S2. The fourth-order valence-electron chi connectivity index (χ4n) is 1.74. The molecule has 0 aromatic carbocycles. The van der Waals surface area contributed by atoms with Crippen LogP contribution >= 0.6 is 22.7 Å². The van der Waals surface area contributed by atoms with E-state index in [1.54, 1.807) is 18.3 Å². The van der Waals surface area contributed by atoms with Crippen LogP contribution in [0.4, 0.5) is 0 Å². The molecule has 7 heteroatoms. The third kappa shape index (κ3) is 2.14. The number of hydrogen-bond acceptors (Lipinski definition) is 7. The minimum Gasteiger partial charge on any atom is -0.504 e. The summed E-state index contributed by atoms with van der Waals surface area (Å²) in [6, 6.07) is 3.90. The molecule has 5 nitrogen and oxygen atoms in total. The molecule has 0 radical (unpaired) electrons. The van der Waals surface area contributed by atoms with E-state index in [2.05, 4.69) is 9.97 Å². The van der Waals surface area contributed by atoms with Gasteiger partial charge in [0.05, 0.1) is 17.7 Å². The Morgan fingerprint density at radius 2 is 2.35 bits per heavy atom. The molecule has 3 heterocycles. The second-order valence-electron chi connectivity index (χ2n) is 3.89. The minimum absolute atomic E-state index is 0.0688. The van der Waals surface area contributed by atoms with Gasteiger partial charge in [0.1, 0.15) is 15.2 Å². The molecule has 0 fully saturated rings. The zero-order valence-electron chi connectivity index (χ0n) is 10.5. The maximum absolute atomic E-state index is 11.7. The van der Waals surface area contributed by atoms with Gasteiger partial charge in [0.2, 0.25) is 0 Å². The maximum atomic E-state index is 11.7. The van der Waals surface area contributed by atoms with Crippen molar-refractivity contribution in [1.29, 1.82) is 0 Å². The summed E-state index contributed by atoms with van der Waals surface area (Å²) in [5.41, 5.74) is 0.504. The molecular weight excluding hydrogens is 296 g/mol. The Kier molecular flexibility index (Phi) is 3.37. The Hall–Kier alpha value is -1.99. The highest BCUT2D eigenvalue weighted by Crippen LogP contribution is 2.37. The Balaban J connectivity index is 2.11. The average Bonchev–Trinajstić information content (AvgIpc) is 3.08. The number of carbonyl (C=O) groups is 1. The van der Waals surface area contributed by atoms with Crippen molar-refractivity contribution >= 4 is 38.9 Å². The number of thiophene rings is 1. The van der Waals surface area contributed by atoms with Crippen LogP contribution < -0.4 is 0 Å². The number of nitrogens with zero attached hydrogens (tertiary/aromatic N) is 2. The number of hydrogen-bond donors (Lipinski definition) is 1. The molecule has 0 aliphatic rings. The van der Waals surface area contributed by atoms with Crippen LogP contribution in [0.15, 0.2) is 23.7 Å². The van der Waals surface area contributed by atoms with Crippen molar-refractivity contribution in [2.75, 3.05) is 6.61 Å². The molecule has 0 unspecified atom stereocenters. The summed E-state index contributed by atoms with van der Waals surface area (Å²) in [6.07, 6.45) is 1.48. The lowest BCUT2D eigenvalue weighted by atomic mass is 10.3. The summed E-state index contributed by atoms with van der Waals surface area (Å²) < 4.78 is 5.41. The number of thiazole rings is 1.